The second-order valence-electron chi connectivity index (χ2n) is 5.18. The molecule has 3 heteroatoms. The fraction of sp³-hybridized carbons (Fsp3) is 0.929. The molecular weight excluding hydrogens is 212 g/mol. The van der Waals surface area contributed by atoms with Gasteiger partial charge in [0.1, 0.15) is 5.54 Å². The molecule has 3 unspecified atom stereocenters. The Morgan fingerprint density at radius 2 is 2.35 bits per heavy atom. The molecule has 0 heterocycles. The number of nitrogens with zero attached hydrogens (tertiary/aromatic N) is 1. The van der Waals surface area contributed by atoms with Crippen molar-refractivity contribution in [2.75, 3.05) is 13.7 Å². The zero-order chi connectivity index (χ0) is 12.7. The number of hydrogen-bond donors (Lipinski definition) is 1. The minimum Gasteiger partial charge on any atom is -0.378 e. The molecule has 0 aromatic carbocycles. The number of nitrogens with one attached hydrogen (secondary N) is 1. The minimum absolute atomic E-state index is 0.294. The molecule has 0 bridgehead atoms. The molecule has 0 radical (unpaired) electrons. The second kappa shape index (κ2) is 6.98. The smallest absolute Gasteiger partial charge is 0.109 e. The van der Waals surface area contributed by atoms with Gasteiger partial charge in [0.25, 0.3) is 0 Å². The SMILES string of the molecule is CCCC(C)OCCC1CCCC1(C#N)NC. The van der Waals surface area contributed by atoms with Crippen LogP contribution in [0.5, 0.6) is 0 Å². The van der Waals surface area contributed by atoms with Crippen LogP contribution in [0.3, 0.4) is 0 Å². The van der Waals surface area contributed by atoms with Crippen LogP contribution in [0.2, 0.25) is 0 Å². The van der Waals surface area contributed by atoms with E-state index in [0.29, 0.717) is 12.0 Å². The summed E-state index contributed by atoms with van der Waals surface area (Å²) in [5, 5.41) is 12.6. The molecule has 0 amide bonds. The summed E-state index contributed by atoms with van der Waals surface area (Å²) in [5.41, 5.74) is -0.294. The van der Waals surface area contributed by atoms with Crippen molar-refractivity contribution in [3.63, 3.8) is 0 Å². The topological polar surface area (TPSA) is 45.0 Å². The maximum atomic E-state index is 9.33. The maximum absolute atomic E-state index is 9.33. The number of ether oxygens (including phenoxy) is 1. The zero-order valence-electron chi connectivity index (χ0n) is 11.5. The Balaban J connectivity index is 2.34. The summed E-state index contributed by atoms with van der Waals surface area (Å²) in [7, 11) is 1.90. The summed E-state index contributed by atoms with van der Waals surface area (Å²) in [6, 6.07) is 2.47. The summed E-state index contributed by atoms with van der Waals surface area (Å²) in [6.07, 6.45) is 6.94. The molecule has 1 fully saturated rings. The first-order valence-corrected chi connectivity index (χ1v) is 6.90. The highest BCUT2D eigenvalue weighted by molar-refractivity contribution is 5.13. The van der Waals surface area contributed by atoms with Crippen molar-refractivity contribution in [1.29, 1.82) is 5.26 Å². The summed E-state index contributed by atoms with van der Waals surface area (Å²) in [6.45, 7) is 5.10. The molecule has 0 aromatic rings. The van der Waals surface area contributed by atoms with E-state index < -0.39 is 0 Å². The molecule has 0 spiro atoms. The summed E-state index contributed by atoms with van der Waals surface area (Å²) >= 11 is 0. The van der Waals surface area contributed by atoms with Crippen LogP contribution in [0, 0.1) is 17.2 Å². The van der Waals surface area contributed by atoms with Crippen LogP contribution in [-0.4, -0.2) is 25.3 Å². The third-order valence-electron chi connectivity index (χ3n) is 4.03. The first-order valence-electron chi connectivity index (χ1n) is 6.90. The standard InChI is InChI=1S/C14H26N2O/c1-4-6-12(2)17-10-8-13-7-5-9-14(13,11-15)16-3/h12-13,16H,4-10H2,1-3H3. The monoisotopic (exact) mass is 238 g/mol. The van der Waals surface area contributed by atoms with Gasteiger partial charge in [-0.15, -0.1) is 0 Å². The summed E-state index contributed by atoms with van der Waals surface area (Å²) < 4.78 is 5.79. The molecule has 3 nitrogen and oxygen atoms in total. The van der Waals surface area contributed by atoms with E-state index in [1.807, 2.05) is 7.05 Å². The van der Waals surface area contributed by atoms with Gasteiger partial charge in [-0.25, -0.2) is 0 Å². The zero-order valence-corrected chi connectivity index (χ0v) is 11.5. The lowest BCUT2D eigenvalue weighted by Gasteiger charge is -2.28. The van der Waals surface area contributed by atoms with Crippen LogP contribution in [0.25, 0.3) is 0 Å². The van der Waals surface area contributed by atoms with Crippen molar-refractivity contribution < 1.29 is 4.74 Å². The molecule has 98 valence electrons. The van der Waals surface area contributed by atoms with Gasteiger partial charge in [-0.05, 0) is 45.6 Å². The lowest BCUT2D eigenvalue weighted by molar-refractivity contribution is 0.0469. The van der Waals surface area contributed by atoms with Crippen molar-refractivity contribution in [3.8, 4) is 6.07 Å². The Morgan fingerprint density at radius 1 is 1.59 bits per heavy atom. The maximum Gasteiger partial charge on any atom is 0.109 e. The Kier molecular flexibility index (Phi) is 5.94. The third kappa shape index (κ3) is 3.69. The molecule has 1 aliphatic carbocycles. The van der Waals surface area contributed by atoms with E-state index >= 15 is 0 Å². The lowest BCUT2D eigenvalue weighted by Crippen LogP contribution is -2.45. The predicted octanol–water partition coefficient (Wildman–Crippen LogP) is 2.86. The second-order valence-corrected chi connectivity index (χ2v) is 5.18. The van der Waals surface area contributed by atoms with E-state index in [4.69, 9.17) is 4.74 Å². The van der Waals surface area contributed by atoms with Crippen molar-refractivity contribution >= 4 is 0 Å². The molecule has 0 aromatic heterocycles. The van der Waals surface area contributed by atoms with Crippen LogP contribution in [0.1, 0.15) is 52.4 Å². The van der Waals surface area contributed by atoms with E-state index in [-0.39, 0.29) is 5.54 Å². The van der Waals surface area contributed by atoms with Gasteiger partial charge in [-0.3, -0.25) is 0 Å². The Hall–Kier alpha value is -0.590. The van der Waals surface area contributed by atoms with Crippen molar-refractivity contribution in [2.24, 2.45) is 5.92 Å². The molecule has 0 aliphatic heterocycles. The van der Waals surface area contributed by atoms with Gasteiger partial charge in [-0.1, -0.05) is 19.8 Å². The van der Waals surface area contributed by atoms with E-state index in [9.17, 15) is 5.26 Å². The van der Waals surface area contributed by atoms with Gasteiger partial charge >= 0.3 is 0 Å². The molecule has 3 atom stereocenters. The predicted molar refractivity (Wildman–Crippen MR) is 69.7 cm³/mol. The van der Waals surface area contributed by atoms with E-state index in [1.165, 1.54) is 6.42 Å². The summed E-state index contributed by atoms with van der Waals surface area (Å²) in [4.78, 5) is 0. The fourth-order valence-electron chi connectivity index (χ4n) is 2.90. The van der Waals surface area contributed by atoms with Crippen molar-refractivity contribution in [2.45, 2.75) is 64.0 Å². The highest BCUT2D eigenvalue weighted by Crippen LogP contribution is 2.37. The summed E-state index contributed by atoms with van der Waals surface area (Å²) in [5.74, 6) is 0.450. The normalized spacial score (nSPS) is 30.1. The lowest BCUT2D eigenvalue weighted by atomic mass is 9.86. The fourth-order valence-corrected chi connectivity index (χ4v) is 2.90. The molecule has 1 aliphatic rings. The number of rotatable bonds is 7. The van der Waals surface area contributed by atoms with Crippen molar-refractivity contribution in [3.05, 3.63) is 0 Å². The van der Waals surface area contributed by atoms with Gasteiger partial charge in [-0.2, -0.15) is 5.26 Å². The molecule has 0 saturated heterocycles. The average Bonchev–Trinajstić information content (AvgIpc) is 2.73. The van der Waals surface area contributed by atoms with Gasteiger partial charge in [0.2, 0.25) is 0 Å². The Labute approximate surface area is 106 Å². The Bertz CT molecular complexity index is 261. The highest BCUT2D eigenvalue weighted by atomic mass is 16.5. The molecule has 17 heavy (non-hydrogen) atoms. The first kappa shape index (κ1) is 14.5. The molecule has 1 rings (SSSR count). The molecule has 1 saturated carbocycles. The van der Waals surface area contributed by atoms with E-state index in [0.717, 1.165) is 38.7 Å². The van der Waals surface area contributed by atoms with Crippen LogP contribution in [0.15, 0.2) is 0 Å². The highest BCUT2D eigenvalue weighted by Gasteiger charge is 2.41. The molecular formula is C14H26N2O. The minimum atomic E-state index is -0.294. The average molecular weight is 238 g/mol. The van der Waals surface area contributed by atoms with E-state index in [1.54, 1.807) is 0 Å². The Morgan fingerprint density at radius 3 is 2.94 bits per heavy atom. The van der Waals surface area contributed by atoms with Crippen LogP contribution in [-0.2, 0) is 4.74 Å². The third-order valence-corrected chi connectivity index (χ3v) is 4.03. The quantitative estimate of drug-likeness (QED) is 0.741. The largest absolute Gasteiger partial charge is 0.378 e. The number of hydrogen-bond acceptors (Lipinski definition) is 3. The van der Waals surface area contributed by atoms with Crippen molar-refractivity contribution in [1.82, 2.24) is 5.32 Å². The van der Waals surface area contributed by atoms with Crippen LogP contribution in [0.4, 0.5) is 0 Å². The first-order chi connectivity index (χ1) is 8.18. The van der Waals surface area contributed by atoms with Crippen LogP contribution < -0.4 is 5.32 Å². The van der Waals surface area contributed by atoms with Crippen LogP contribution >= 0.6 is 0 Å². The van der Waals surface area contributed by atoms with Gasteiger partial charge in [0.15, 0.2) is 0 Å². The van der Waals surface area contributed by atoms with Gasteiger partial charge in [0.05, 0.1) is 12.2 Å². The van der Waals surface area contributed by atoms with Gasteiger partial charge < -0.3 is 10.1 Å². The van der Waals surface area contributed by atoms with E-state index in [2.05, 4.69) is 25.2 Å². The number of nitriles is 1. The van der Waals surface area contributed by atoms with Gasteiger partial charge in [0, 0.05) is 6.61 Å². The molecule has 1 N–H and O–H groups in total.